The van der Waals surface area contributed by atoms with Crippen LogP contribution in [0.1, 0.15) is 86.7 Å². The summed E-state index contributed by atoms with van der Waals surface area (Å²) >= 11 is 0. The van der Waals surface area contributed by atoms with E-state index in [1.807, 2.05) is 39.8 Å². The number of ether oxygens (including phenoxy) is 2. The molecule has 0 amide bonds. The average molecular weight is 477 g/mol. The molecule has 2 aliphatic heterocycles. The van der Waals surface area contributed by atoms with Crippen molar-refractivity contribution < 1.29 is 24.5 Å². The fourth-order valence-electron chi connectivity index (χ4n) is 4.62. The number of hydrogen-bond acceptors (Lipinski definition) is 5. The van der Waals surface area contributed by atoms with Gasteiger partial charge in [-0.2, -0.15) is 0 Å². The molecule has 0 bridgehead atoms. The molecule has 0 spiro atoms. The van der Waals surface area contributed by atoms with Gasteiger partial charge in [-0.15, -0.1) is 0 Å². The number of Topliss-reactive ketones (excluding diaryl/α,β-unsaturated/α-hetero) is 1. The molecule has 0 saturated heterocycles. The summed E-state index contributed by atoms with van der Waals surface area (Å²) in [6, 6.07) is 7.29. The number of phenolic OH excluding ortho intramolecular Hbond substituents is 1. The number of carbonyl (C=O) groups is 1. The zero-order valence-corrected chi connectivity index (χ0v) is 21.6. The Balaban J connectivity index is 1.78. The summed E-state index contributed by atoms with van der Waals surface area (Å²) in [5.74, 6) is 1.40. The number of rotatable bonds is 5. The lowest BCUT2D eigenvalue weighted by molar-refractivity contribution is -0.0417. The van der Waals surface area contributed by atoms with Gasteiger partial charge in [-0.25, -0.2) is 0 Å². The summed E-state index contributed by atoms with van der Waals surface area (Å²) in [6.45, 7) is 11.9. The van der Waals surface area contributed by atoms with Crippen LogP contribution in [0.25, 0.3) is 0 Å². The Morgan fingerprint density at radius 1 is 1.03 bits per heavy atom. The van der Waals surface area contributed by atoms with Gasteiger partial charge < -0.3 is 19.7 Å². The molecule has 2 aromatic carbocycles. The highest BCUT2D eigenvalue weighted by Gasteiger charge is 2.38. The first-order valence-corrected chi connectivity index (χ1v) is 12.3. The SMILES string of the molecule is CC(C)=CCc1cc([C@@H]2CC(=O)c3ccc(O)c(CC=C(C)C)c3O2)cc2c1OC(C)(C)C(O)C2. The highest BCUT2D eigenvalue weighted by atomic mass is 16.5. The van der Waals surface area contributed by atoms with Crippen molar-refractivity contribution in [1.82, 2.24) is 0 Å². The van der Waals surface area contributed by atoms with Crippen LogP contribution in [0, 0.1) is 0 Å². The molecule has 2 atom stereocenters. The third kappa shape index (κ3) is 5.15. The molecule has 2 heterocycles. The Morgan fingerprint density at radius 3 is 2.40 bits per heavy atom. The summed E-state index contributed by atoms with van der Waals surface area (Å²) in [4.78, 5) is 13.1. The molecule has 2 aliphatic rings. The van der Waals surface area contributed by atoms with Crippen molar-refractivity contribution in [2.75, 3.05) is 0 Å². The van der Waals surface area contributed by atoms with Crippen LogP contribution in [0.3, 0.4) is 0 Å². The standard InChI is InChI=1S/C30H36O5/c1-17(2)7-9-19-13-20(14-21-15-27(33)30(5,6)35-28(19)21)26-16-25(32)23-11-12-24(31)22(29(23)34-26)10-8-18(3)4/h7-8,11-14,26-27,31,33H,9-10,15-16H2,1-6H3/t26-,27?/m0/s1. The number of aromatic hydroxyl groups is 1. The third-order valence-electron chi connectivity index (χ3n) is 6.83. The number of hydrogen-bond donors (Lipinski definition) is 2. The predicted octanol–water partition coefficient (Wildman–Crippen LogP) is 6.19. The molecule has 1 unspecified atom stereocenters. The number of phenols is 1. The molecule has 0 aromatic heterocycles. The van der Waals surface area contributed by atoms with E-state index in [1.165, 1.54) is 5.57 Å². The maximum atomic E-state index is 13.1. The van der Waals surface area contributed by atoms with Crippen LogP contribution < -0.4 is 9.47 Å². The van der Waals surface area contributed by atoms with Crippen molar-refractivity contribution in [2.45, 2.75) is 85.0 Å². The van der Waals surface area contributed by atoms with Gasteiger partial charge in [-0.3, -0.25) is 4.79 Å². The van der Waals surface area contributed by atoms with Crippen molar-refractivity contribution in [3.8, 4) is 17.2 Å². The number of ketones is 1. The fourth-order valence-corrected chi connectivity index (χ4v) is 4.62. The predicted molar refractivity (Wildman–Crippen MR) is 138 cm³/mol. The van der Waals surface area contributed by atoms with Crippen LogP contribution in [0.4, 0.5) is 0 Å². The Bertz CT molecular complexity index is 1210. The van der Waals surface area contributed by atoms with E-state index in [2.05, 4.69) is 26.0 Å². The second-order valence-corrected chi connectivity index (χ2v) is 10.7. The van der Waals surface area contributed by atoms with Crippen molar-refractivity contribution in [1.29, 1.82) is 0 Å². The lowest BCUT2D eigenvalue weighted by Gasteiger charge is -2.38. The first-order valence-electron chi connectivity index (χ1n) is 12.3. The molecule has 0 fully saturated rings. The zero-order valence-electron chi connectivity index (χ0n) is 21.6. The van der Waals surface area contributed by atoms with Crippen LogP contribution in [0.5, 0.6) is 17.2 Å². The monoisotopic (exact) mass is 476 g/mol. The molecule has 2 N–H and O–H groups in total. The van der Waals surface area contributed by atoms with E-state index in [1.54, 1.807) is 12.1 Å². The molecule has 186 valence electrons. The maximum absolute atomic E-state index is 13.1. The summed E-state index contributed by atoms with van der Waals surface area (Å²) < 4.78 is 12.7. The van der Waals surface area contributed by atoms with E-state index in [0.29, 0.717) is 36.1 Å². The third-order valence-corrected chi connectivity index (χ3v) is 6.83. The Hall–Kier alpha value is -3.05. The largest absolute Gasteiger partial charge is 0.508 e. The number of aliphatic hydroxyl groups excluding tert-OH is 1. The van der Waals surface area contributed by atoms with E-state index in [9.17, 15) is 15.0 Å². The van der Waals surface area contributed by atoms with Gasteiger partial charge >= 0.3 is 0 Å². The van der Waals surface area contributed by atoms with E-state index >= 15 is 0 Å². The number of benzene rings is 2. The quantitative estimate of drug-likeness (QED) is 0.503. The van der Waals surface area contributed by atoms with Crippen molar-refractivity contribution in [3.63, 3.8) is 0 Å². The second kappa shape index (κ2) is 9.54. The number of carbonyl (C=O) groups excluding carboxylic acids is 1. The van der Waals surface area contributed by atoms with Crippen LogP contribution >= 0.6 is 0 Å². The normalized spacial score (nSPS) is 20.1. The smallest absolute Gasteiger partial charge is 0.170 e. The molecule has 0 aliphatic carbocycles. The first kappa shape index (κ1) is 25.1. The minimum Gasteiger partial charge on any atom is -0.508 e. The van der Waals surface area contributed by atoms with Gasteiger partial charge in [-0.05, 0) is 95.3 Å². The van der Waals surface area contributed by atoms with Crippen molar-refractivity contribution >= 4 is 5.78 Å². The summed E-state index contributed by atoms with van der Waals surface area (Å²) in [6.07, 6.45) is 4.92. The minimum atomic E-state index is -0.679. The van der Waals surface area contributed by atoms with Gasteiger partial charge in [-0.1, -0.05) is 23.3 Å². The molecule has 35 heavy (non-hydrogen) atoms. The van der Waals surface area contributed by atoms with E-state index < -0.39 is 17.8 Å². The highest BCUT2D eigenvalue weighted by Crippen LogP contribution is 2.44. The average Bonchev–Trinajstić information content (AvgIpc) is 2.77. The van der Waals surface area contributed by atoms with Gasteiger partial charge in [0.15, 0.2) is 5.78 Å². The maximum Gasteiger partial charge on any atom is 0.170 e. The lowest BCUT2D eigenvalue weighted by atomic mass is 9.86. The topological polar surface area (TPSA) is 76.0 Å². The molecular weight excluding hydrogens is 440 g/mol. The highest BCUT2D eigenvalue weighted by molar-refractivity contribution is 6.00. The van der Waals surface area contributed by atoms with E-state index in [4.69, 9.17) is 9.47 Å². The molecule has 4 rings (SSSR count). The Kier molecular flexibility index (Phi) is 6.83. The summed E-state index contributed by atoms with van der Waals surface area (Å²) in [7, 11) is 0. The Labute approximate surface area is 208 Å². The number of aliphatic hydroxyl groups is 1. The summed E-state index contributed by atoms with van der Waals surface area (Å²) in [5, 5.41) is 21.2. The van der Waals surface area contributed by atoms with Crippen LogP contribution in [-0.2, 0) is 19.3 Å². The zero-order chi connectivity index (χ0) is 25.5. The number of fused-ring (bicyclic) bond motifs is 2. The van der Waals surface area contributed by atoms with E-state index in [-0.39, 0.29) is 18.0 Å². The number of allylic oxidation sites excluding steroid dienone is 4. The fraction of sp³-hybridized carbons (Fsp3) is 0.433. The van der Waals surface area contributed by atoms with Crippen LogP contribution in [0.15, 0.2) is 47.6 Å². The Morgan fingerprint density at radius 2 is 1.71 bits per heavy atom. The minimum absolute atomic E-state index is 0.00399. The van der Waals surface area contributed by atoms with Gasteiger partial charge in [0.2, 0.25) is 0 Å². The molecule has 5 heteroatoms. The molecule has 0 radical (unpaired) electrons. The summed E-state index contributed by atoms with van der Waals surface area (Å²) in [5.41, 5.74) is 5.62. The lowest BCUT2D eigenvalue weighted by Crippen LogP contribution is -2.46. The molecule has 0 saturated carbocycles. The van der Waals surface area contributed by atoms with Gasteiger partial charge in [0.25, 0.3) is 0 Å². The van der Waals surface area contributed by atoms with Crippen molar-refractivity contribution in [2.24, 2.45) is 0 Å². The first-order chi connectivity index (χ1) is 16.5. The van der Waals surface area contributed by atoms with Gasteiger partial charge in [0, 0.05) is 12.0 Å². The second-order valence-electron chi connectivity index (χ2n) is 10.7. The van der Waals surface area contributed by atoms with Gasteiger partial charge in [0.1, 0.15) is 29.0 Å². The molecular formula is C30H36O5. The van der Waals surface area contributed by atoms with Gasteiger partial charge in [0.05, 0.1) is 18.1 Å². The molecule has 2 aromatic rings. The van der Waals surface area contributed by atoms with Crippen LogP contribution in [0.2, 0.25) is 0 Å². The van der Waals surface area contributed by atoms with Crippen LogP contribution in [-0.4, -0.2) is 27.7 Å². The van der Waals surface area contributed by atoms with E-state index in [0.717, 1.165) is 28.0 Å². The molecule has 5 nitrogen and oxygen atoms in total. The van der Waals surface area contributed by atoms with Crippen molar-refractivity contribution in [3.05, 3.63) is 75.4 Å².